The number of benzene rings is 1. The Morgan fingerprint density at radius 3 is 2.94 bits per heavy atom. The molecule has 0 bridgehead atoms. The van der Waals surface area contributed by atoms with Crippen LogP contribution in [0.4, 0.5) is 0 Å². The van der Waals surface area contributed by atoms with E-state index in [0.717, 1.165) is 10.6 Å². The van der Waals surface area contributed by atoms with Crippen LogP contribution in [-0.4, -0.2) is 16.1 Å². The van der Waals surface area contributed by atoms with Gasteiger partial charge in [0.25, 0.3) is 0 Å². The van der Waals surface area contributed by atoms with Gasteiger partial charge in [-0.05, 0) is 17.5 Å². The summed E-state index contributed by atoms with van der Waals surface area (Å²) < 4.78 is 1.22. The van der Waals surface area contributed by atoms with Gasteiger partial charge < -0.3 is 5.11 Å². The normalized spacial score (nSPS) is 10.9. The molecule has 90 valence electrons. The van der Waals surface area contributed by atoms with Gasteiger partial charge in [-0.25, -0.2) is 4.98 Å². The zero-order valence-corrected chi connectivity index (χ0v) is 10.9. The number of hydrogen-bond acceptors (Lipinski definition) is 4. The highest BCUT2D eigenvalue weighted by Gasteiger charge is 2.10. The fourth-order valence-electron chi connectivity index (χ4n) is 1.74. The Morgan fingerprint density at radius 2 is 2.17 bits per heavy atom. The van der Waals surface area contributed by atoms with Crippen molar-refractivity contribution in [3.8, 4) is 10.6 Å². The van der Waals surface area contributed by atoms with Crippen LogP contribution < -0.4 is 0 Å². The van der Waals surface area contributed by atoms with Gasteiger partial charge in [0.1, 0.15) is 5.01 Å². The molecule has 2 heterocycles. The maximum atomic E-state index is 10.6. The summed E-state index contributed by atoms with van der Waals surface area (Å²) in [7, 11) is 0. The van der Waals surface area contributed by atoms with Gasteiger partial charge in [-0.1, -0.05) is 18.2 Å². The Kier molecular flexibility index (Phi) is 2.85. The smallest absolute Gasteiger partial charge is 0.310 e. The number of carbonyl (C=O) groups is 1. The fraction of sp³-hybridized carbons (Fsp3) is 0.0769. The largest absolute Gasteiger partial charge is 0.481 e. The lowest BCUT2D eigenvalue weighted by atomic mass is 10.2. The molecule has 0 aliphatic rings. The molecule has 1 aromatic carbocycles. The first kappa shape index (κ1) is 11.4. The number of hydrogen-bond donors (Lipinski definition) is 1. The van der Waals surface area contributed by atoms with E-state index >= 15 is 0 Å². The van der Waals surface area contributed by atoms with Crippen molar-refractivity contribution in [2.45, 2.75) is 6.42 Å². The predicted molar refractivity (Wildman–Crippen MR) is 74.3 cm³/mol. The second kappa shape index (κ2) is 4.51. The summed E-state index contributed by atoms with van der Waals surface area (Å²) in [6, 6.07) is 10.3. The van der Waals surface area contributed by atoms with Crippen LogP contribution in [0.3, 0.4) is 0 Å². The molecular weight excluding hydrogens is 266 g/mol. The van der Waals surface area contributed by atoms with Gasteiger partial charge in [0.05, 0.1) is 17.0 Å². The molecule has 1 N–H and O–H groups in total. The molecule has 0 aliphatic heterocycles. The molecule has 0 saturated heterocycles. The minimum absolute atomic E-state index is 0.00440. The number of thiazole rings is 1. The van der Waals surface area contributed by atoms with Crippen LogP contribution >= 0.6 is 22.7 Å². The summed E-state index contributed by atoms with van der Waals surface area (Å²) in [6.07, 6.45) is -0.00440. The third-order valence-electron chi connectivity index (χ3n) is 2.53. The molecule has 0 saturated carbocycles. The predicted octanol–water partition coefficient (Wildman–Crippen LogP) is 3.65. The lowest BCUT2D eigenvalue weighted by Crippen LogP contribution is -1.98. The van der Waals surface area contributed by atoms with E-state index in [2.05, 4.69) is 23.2 Å². The Labute approximate surface area is 111 Å². The van der Waals surface area contributed by atoms with Crippen molar-refractivity contribution in [2.24, 2.45) is 0 Å². The Morgan fingerprint density at radius 1 is 1.33 bits per heavy atom. The number of carboxylic acid groups (broad SMARTS) is 1. The Bertz CT molecular complexity index is 681. The number of fused-ring (bicyclic) bond motifs is 1. The highest BCUT2D eigenvalue weighted by atomic mass is 32.1. The number of thiophene rings is 1. The second-order valence-electron chi connectivity index (χ2n) is 3.85. The monoisotopic (exact) mass is 275 g/mol. The molecule has 0 atom stereocenters. The Hall–Kier alpha value is -1.72. The molecule has 0 unspecified atom stereocenters. The first-order chi connectivity index (χ1) is 8.72. The quantitative estimate of drug-likeness (QED) is 0.793. The van der Waals surface area contributed by atoms with Gasteiger partial charge in [0.2, 0.25) is 0 Å². The molecule has 2 aromatic heterocycles. The lowest BCUT2D eigenvalue weighted by molar-refractivity contribution is -0.136. The fourth-order valence-corrected chi connectivity index (χ4v) is 3.63. The van der Waals surface area contributed by atoms with E-state index in [-0.39, 0.29) is 6.42 Å². The third kappa shape index (κ3) is 2.14. The molecule has 3 aromatic rings. The molecule has 0 fully saturated rings. The second-order valence-corrected chi connectivity index (χ2v) is 5.87. The first-order valence-corrected chi connectivity index (χ1v) is 7.07. The van der Waals surface area contributed by atoms with Gasteiger partial charge in [-0.2, -0.15) is 0 Å². The van der Waals surface area contributed by atoms with Gasteiger partial charge in [0, 0.05) is 10.1 Å². The number of nitrogens with zero attached hydrogens (tertiary/aromatic N) is 1. The molecule has 0 aliphatic carbocycles. The van der Waals surface area contributed by atoms with Crippen molar-refractivity contribution >= 4 is 38.7 Å². The average molecular weight is 275 g/mol. The summed E-state index contributed by atoms with van der Waals surface area (Å²) in [6.45, 7) is 0. The van der Waals surface area contributed by atoms with E-state index in [1.54, 1.807) is 11.3 Å². The molecular formula is C13H9NO2S2. The van der Waals surface area contributed by atoms with E-state index in [1.165, 1.54) is 21.4 Å². The van der Waals surface area contributed by atoms with Crippen molar-refractivity contribution < 1.29 is 9.90 Å². The van der Waals surface area contributed by atoms with E-state index in [1.807, 2.05) is 17.5 Å². The van der Waals surface area contributed by atoms with Crippen LogP contribution in [0.2, 0.25) is 0 Å². The summed E-state index contributed by atoms with van der Waals surface area (Å²) in [5.74, 6) is -0.841. The minimum atomic E-state index is -0.841. The molecule has 0 spiro atoms. The highest BCUT2D eigenvalue weighted by molar-refractivity contribution is 7.22. The summed E-state index contributed by atoms with van der Waals surface area (Å²) in [5, 5.41) is 12.5. The lowest BCUT2D eigenvalue weighted by Gasteiger charge is -1.88. The van der Waals surface area contributed by atoms with E-state index in [9.17, 15) is 4.79 Å². The maximum Gasteiger partial charge on any atom is 0.310 e. The van der Waals surface area contributed by atoms with Crippen molar-refractivity contribution in [1.82, 2.24) is 4.98 Å². The van der Waals surface area contributed by atoms with Gasteiger partial charge in [-0.3, -0.25) is 4.79 Å². The zero-order chi connectivity index (χ0) is 12.5. The van der Waals surface area contributed by atoms with Gasteiger partial charge in [0.15, 0.2) is 0 Å². The van der Waals surface area contributed by atoms with Crippen molar-refractivity contribution in [1.29, 1.82) is 0 Å². The van der Waals surface area contributed by atoms with Crippen LogP contribution in [0.1, 0.15) is 5.01 Å². The highest BCUT2D eigenvalue weighted by Crippen LogP contribution is 2.33. The van der Waals surface area contributed by atoms with Gasteiger partial charge in [-0.15, -0.1) is 22.7 Å². The maximum absolute atomic E-state index is 10.6. The SMILES string of the molecule is O=C(O)Cc1nc(-c2cc3ccccc3s2)cs1. The van der Waals surface area contributed by atoms with Crippen molar-refractivity contribution in [2.75, 3.05) is 0 Å². The van der Waals surface area contributed by atoms with Crippen LogP contribution in [0.5, 0.6) is 0 Å². The summed E-state index contributed by atoms with van der Waals surface area (Å²) >= 11 is 3.08. The molecule has 5 heteroatoms. The minimum Gasteiger partial charge on any atom is -0.481 e. The number of aromatic nitrogens is 1. The van der Waals surface area contributed by atoms with Crippen molar-refractivity contribution in [3.63, 3.8) is 0 Å². The third-order valence-corrected chi connectivity index (χ3v) is 4.52. The van der Waals surface area contributed by atoms with E-state index in [0.29, 0.717) is 5.01 Å². The first-order valence-electron chi connectivity index (χ1n) is 5.37. The molecule has 0 radical (unpaired) electrons. The topological polar surface area (TPSA) is 50.2 Å². The Balaban J connectivity index is 1.98. The van der Waals surface area contributed by atoms with Crippen LogP contribution in [0.15, 0.2) is 35.7 Å². The van der Waals surface area contributed by atoms with Crippen LogP contribution in [-0.2, 0) is 11.2 Å². The molecule has 0 amide bonds. The van der Waals surface area contributed by atoms with E-state index < -0.39 is 5.97 Å². The number of rotatable bonds is 3. The van der Waals surface area contributed by atoms with E-state index in [4.69, 9.17) is 5.11 Å². The summed E-state index contributed by atoms with van der Waals surface area (Å²) in [4.78, 5) is 16.1. The van der Waals surface area contributed by atoms with Crippen LogP contribution in [0.25, 0.3) is 20.7 Å². The molecule has 18 heavy (non-hydrogen) atoms. The molecule has 3 nitrogen and oxygen atoms in total. The van der Waals surface area contributed by atoms with Crippen LogP contribution in [0, 0.1) is 0 Å². The zero-order valence-electron chi connectivity index (χ0n) is 9.29. The average Bonchev–Trinajstić information content (AvgIpc) is 2.93. The molecule has 3 rings (SSSR count). The van der Waals surface area contributed by atoms with Gasteiger partial charge >= 0.3 is 5.97 Å². The standard InChI is InChI=1S/C13H9NO2S2/c15-13(16)6-12-14-9(7-17-12)11-5-8-3-1-2-4-10(8)18-11/h1-5,7H,6H2,(H,15,16). The number of aliphatic carboxylic acids is 1. The number of carboxylic acids is 1. The van der Waals surface area contributed by atoms with Crippen molar-refractivity contribution in [3.05, 3.63) is 40.7 Å². The summed E-state index contributed by atoms with van der Waals surface area (Å²) in [5.41, 5.74) is 0.873.